The van der Waals surface area contributed by atoms with Crippen LogP contribution in [0.4, 0.5) is 0 Å². The Balaban J connectivity index is 1.27. The largest absolute Gasteiger partial charge is 0.468 e. The molecule has 4 nitrogen and oxygen atoms in total. The van der Waals surface area contributed by atoms with Crippen molar-refractivity contribution in [3.8, 4) is 0 Å². The van der Waals surface area contributed by atoms with Crippen molar-refractivity contribution >= 4 is 5.91 Å². The Bertz CT molecular complexity index is 817. The lowest BCUT2D eigenvalue weighted by Gasteiger charge is -2.40. The maximum atomic E-state index is 12.6. The van der Waals surface area contributed by atoms with Crippen LogP contribution in [-0.2, 0) is 16.8 Å². The number of hydrogen-bond donors (Lipinski definition) is 1. The molecule has 1 saturated carbocycles. The highest BCUT2D eigenvalue weighted by Gasteiger charge is 2.45. The molecule has 0 bridgehead atoms. The fourth-order valence-electron chi connectivity index (χ4n) is 5.51. The second-order valence-corrected chi connectivity index (χ2v) is 9.02. The van der Waals surface area contributed by atoms with Crippen LogP contribution in [-0.4, -0.2) is 29.9 Å². The average Bonchev–Trinajstić information content (AvgIpc) is 3.28. The average molecular weight is 379 g/mol. The normalized spacial score (nSPS) is 24.1. The highest BCUT2D eigenvalue weighted by Crippen LogP contribution is 2.52. The van der Waals surface area contributed by atoms with Gasteiger partial charge in [0.2, 0.25) is 5.91 Å². The Morgan fingerprint density at radius 3 is 2.68 bits per heavy atom. The molecule has 1 aromatic carbocycles. The van der Waals surface area contributed by atoms with Gasteiger partial charge in [-0.3, -0.25) is 9.69 Å². The number of nitrogens with one attached hydrogen (secondary N) is 1. The molecule has 0 unspecified atom stereocenters. The van der Waals surface area contributed by atoms with E-state index in [4.69, 9.17) is 4.42 Å². The molecule has 2 fully saturated rings. The molecular weight excluding hydrogens is 348 g/mol. The Morgan fingerprint density at radius 2 is 1.96 bits per heavy atom. The fraction of sp³-hybridized carbons (Fsp3) is 0.542. The number of furan rings is 1. The van der Waals surface area contributed by atoms with Gasteiger partial charge in [0, 0.05) is 12.5 Å². The molecule has 2 heterocycles. The van der Waals surface area contributed by atoms with Crippen LogP contribution in [0.2, 0.25) is 0 Å². The number of carbonyl (C=O) groups excluding carboxylic acids is 1. The van der Waals surface area contributed by atoms with Gasteiger partial charge < -0.3 is 9.73 Å². The smallest absolute Gasteiger partial charge is 0.220 e. The summed E-state index contributed by atoms with van der Waals surface area (Å²) in [5.74, 6) is 1.66. The van der Waals surface area contributed by atoms with Gasteiger partial charge in [-0.2, -0.15) is 0 Å². The third kappa shape index (κ3) is 3.39. The topological polar surface area (TPSA) is 45.5 Å². The van der Waals surface area contributed by atoms with Crippen molar-refractivity contribution in [3.63, 3.8) is 0 Å². The number of piperidine rings is 1. The van der Waals surface area contributed by atoms with Gasteiger partial charge in [0.25, 0.3) is 0 Å². The number of hydrogen-bond acceptors (Lipinski definition) is 3. The number of fused-ring (bicyclic) bond motifs is 2. The van der Waals surface area contributed by atoms with Crippen LogP contribution in [0.3, 0.4) is 0 Å². The van der Waals surface area contributed by atoms with Crippen molar-refractivity contribution in [1.29, 1.82) is 0 Å². The third-order valence-electron chi connectivity index (χ3n) is 7.28. The molecule has 148 valence electrons. The summed E-state index contributed by atoms with van der Waals surface area (Å²) >= 11 is 0. The van der Waals surface area contributed by atoms with Crippen molar-refractivity contribution < 1.29 is 9.21 Å². The molecule has 3 aliphatic rings. The van der Waals surface area contributed by atoms with E-state index >= 15 is 0 Å². The standard InChI is InChI=1S/C24H30N2O2/c27-23(25-19-5-3-6-19)15-18-16-24(22-9-2-1-8-21(18)22)10-12-26(13-11-24)17-20-7-4-14-28-20/h1-2,4,7-9,14,18-19H,3,5-6,10-13,15-17H2,(H,25,27)/t18-/m1/s1. The van der Waals surface area contributed by atoms with Crippen LogP contribution < -0.4 is 5.32 Å². The first-order valence-electron chi connectivity index (χ1n) is 10.9. The van der Waals surface area contributed by atoms with Gasteiger partial charge in [0.1, 0.15) is 5.76 Å². The molecule has 1 N–H and O–H groups in total. The van der Waals surface area contributed by atoms with E-state index in [0.29, 0.717) is 18.4 Å². The maximum Gasteiger partial charge on any atom is 0.220 e. The zero-order valence-electron chi connectivity index (χ0n) is 16.5. The van der Waals surface area contributed by atoms with Gasteiger partial charge in [0.05, 0.1) is 12.8 Å². The molecule has 1 amide bonds. The minimum absolute atomic E-state index is 0.247. The first-order chi connectivity index (χ1) is 13.7. The number of likely N-dealkylation sites (tertiary alicyclic amines) is 1. The molecule has 1 aliphatic heterocycles. The Hall–Kier alpha value is -2.07. The van der Waals surface area contributed by atoms with E-state index in [1.54, 1.807) is 6.26 Å². The minimum Gasteiger partial charge on any atom is -0.468 e. The van der Waals surface area contributed by atoms with Crippen molar-refractivity contribution in [2.24, 2.45) is 0 Å². The molecule has 1 aromatic heterocycles. The number of nitrogens with zero attached hydrogens (tertiary/aromatic N) is 1. The third-order valence-corrected chi connectivity index (χ3v) is 7.28. The van der Waals surface area contributed by atoms with Crippen LogP contribution in [0.25, 0.3) is 0 Å². The molecule has 5 rings (SSSR count). The van der Waals surface area contributed by atoms with Gasteiger partial charge in [-0.25, -0.2) is 0 Å². The maximum absolute atomic E-state index is 12.6. The highest BCUT2D eigenvalue weighted by atomic mass is 16.3. The van der Waals surface area contributed by atoms with E-state index in [1.807, 2.05) is 6.07 Å². The molecule has 4 heteroatoms. The van der Waals surface area contributed by atoms with Crippen LogP contribution >= 0.6 is 0 Å². The lowest BCUT2D eigenvalue weighted by atomic mass is 9.73. The molecule has 0 radical (unpaired) electrons. The van der Waals surface area contributed by atoms with Gasteiger partial charge in [-0.15, -0.1) is 0 Å². The quantitative estimate of drug-likeness (QED) is 0.841. The SMILES string of the molecule is O=C(C[C@@H]1CC2(CCN(Cc3ccco3)CC2)c2ccccc21)NC1CCC1. The Labute approximate surface area is 167 Å². The van der Waals surface area contributed by atoms with E-state index in [1.165, 1.54) is 30.4 Å². The van der Waals surface area contributed by atoms with E-state index < -0.39 is 0 Å². The predicted molar refractivity (Wildman–Crippen MR) is 109 cm³/mol. The van der Waals surface area contributed by atoms with Crippen LogP contribution in [0, 0.1) is 0 Å². The highest BCUT2D eigenvalue weighted by molar-refractivity contribution is 5.77. The van der Waals surface area contributed by atoms with Gasteiger partial charge in [-0.05, 0) is 86.2 Å². The summed E-state index contributed by atoms with van der Waals surface area (Å²) in [6.45, 7) is 3.09. The van der Waals surface area contributed by atoms with Crippen molar-refractivity contribution in [2.45, 2.75) is 68.9 Å². The summed E-state index contributed by atoms with van der Waals surface area (Å²) in [5.41, 5.74) is 3.18. The first-order valence-corrected chi connectivity index (χ1v) is 10.9. The van der Waals surface area contributed by atoms with Crippen LogP contribution in [0.15, 0.2) is 47.1 Å². The molecular formula is C24H30N2O2. The Morgan fingerprint density at radius 1 is 1.14 bits per heavy atom. The van der Waals surface area contributed by atoms with E-state index in [-0.39, 0.29) is 11.3 Å². The van der Waals surface area contributed by atoms with Crippen molar-refractivity contribution in [2.75, 3.05) is 13.1 Å². The summed E-state index contributed by atoms with van der Waals surface area (Å²) in [7, 11) is 0. The first kappa shape index (κ1) is 18.0. The van der Waals surface area contributed by atoms with Gasteiger partial charge in [-0.1, -0.05) is 24.3 Å². The summed E-state index contributed by atoms with van der Waals surface area (Å²) < 4.78 is 5.53. The van der Waals surface area contributed by atoms with Crippen LogP contribution in [0.1, 0.15) is 67.8 Å². The van der Waals surface area contributed by atoms with Crippen LogP contribution in [0.5, 0.6) is 0 Å². The van der Waals surface area contributed by atoms with Crippen molar-refractivity contribution in [1.82, 2.24) is 10.2 Å². The fourth-order valence-corrected chi connectivity index (χ4v) is 5.51. The molecule has 2 aromatic rings. The molecule has 1 spiro atoms. The van der Waals surface area contributed by atoms with Gasteiger partial charge in [0.15, 0.2) is 0 Å². The number of benzene rings is 1. The lowest BCUT2D eigenvalue weighted by Crippen LogP contribution is -2.41. The number of carbonyl (C=O) groups is 1. The summed E-state index contributed by atoms with van der Waals surface area (Å²) in [6, 6.07) is 13.4. The molecule has 1 saturated heterocycles. The summed E-state index contributed by atoms with van der Waals surface area (Å²) in [5, 5.41) is 3.24. The van der Waals surface area contributed by atoms with E-state index in [2.05, 4.69) is 40.5 Å². The monoisotopic (exact) mass is 378 g/mol. The molecule has 2 aliphatic carbocycles. The second-order valence-electron chi connectivity index (χ2n) is 9.02. The van der Waals surface area contributed by atoms with Crippen molar-refractivity contribution in [3.05, 3.63) is 59.5 Å². The van der Waals surface area contributed by atoms with E-state index in [9.17, 15) is 4.79 Å². The van der Waals surface area contributed by atoms with Gasteiger partial charge >= 0.3 is 0 Å². The second kappa shape index (κ2) is 7.40. The lowest BCUT2D eigenvalue weighted by molar-refractivity contribution is -0.122. The zero-order valence-corrected chi connectivity index (χ0v) is 16.5. The minimum atomic E-state index is 0.247. The Kier molecular flexibility index (Phi) is 4.75. The number of rotatable bonds is 5. The van der Waals surface area contributed by atoms with E-state index in [0.717, 1.165) is 44.7 Å². The zero-order chi connectivity index (χ0) is 19.0. The molecule has 28 heavy (non-hydrogen) atoms. The molecule has 1 atom stereocenters. The number of amides is 1. The summed E-state index contributed by atoms with van der Waals surface area (Å²) in [6.07, 6.45) is 9.44. The predicted octanol–water partition coefficient (Wildman–Crippen LogP) is 4.36. The summed E-state index contributed by atoms with van der Waals surface area (Å²) in [4.78, 5) is 15.1.